The van der Waals surface area contributed by atoms with Gasteiger partial charge in [-0.2, -0.15) is 8.42 Å². The van der Waals surface area contributed by atoms with Gasteiger partial charge in [-0.25, -0.2) is 9.29 Å². The van der Waals surface area contributed by atoms with Crippen molar-refractivity contribution < 1.29 is 27.4 Å². The zero-order valence-corrected chi connectivity index (χ0v) is 13.6. The first-order valence-corrected chi connectivity index (χ1v) is 8.38. The number of β-lactam (4-membered cyclic amide) rings is 1. The first-order chi connectivity index (χ1) is 10.7. The van der Waals surface area contributed by atoms with E-state index in [1.165, 1.54) is 19.4 Å². The summed E-state index contributed by atoms with van der Waals surface area (Å²) < 4.78 is 31.2. The van der Waals surface area contributed by atoms with Crippen molar-refractivity contribution in [3.05, 3.63) is 11.1 Å². The van der Waals surface area contributed by atoms with Gasteiger partial charge in [0, 0.05) is 5.38 Å². The van der Waals surface area contributed by atoms with Crippen molar-refractivity contribution in [2.24, 2.45) is 5.16 Å². The third-order valence-corrected chi connectivity index (χ3v) is 4.72. The van der Waals surface area contributed by atoms with Crippen LogP contribution in [0, 0.1) is 0 Å². The fourth-order valence-corrected chi connectivity index (χ4v) is 3.44. The number of carbonyl (C=O) groups is 2. The summed E-state index contributed by atoms with van der Waals surface area (Å²) in [4.78, 5) is 32.4. The zero-order chi connectivity index (χ0) is 17.4. The number of thiazole rings is 1. The van der Waals surface area contributed by atoms with E-state index in [9.17, 15) is 18.0 Å². The van der Waals surface area contributed by atoms with E-state index in [0.717, 1.165) is 11.3 Å². The summed E-state index contributed by atoms with van der Waals surface area (Å²) in [5, 5.41) is 7.54. The summed E-state index contributed by atoms with van der Waals surface area (Å²) in [5.41, 5.74) is 5.42. The van der Waals surface area contributed by atoms with E-state index in [1.54, 1.807) is 0 Å². The Balaban J connectivity index is 0.00000288. The minimum atomic E-state index is -4.66. The molecular weight excluding hydrogens is 373 g/mol. The van der Waals surface area contributed by atoms with Crippen LogP contribution in [0.2, 0.25) is 0 Å². The van der Waals surface area contributed by atoms with Crippen molar-refractivity contribution in [1.29, 1.82) is 0 Å². The number of aromatic nitrogens is 1. The number of anilines is 1. The summed E-state index contributed by atoms with van der Waals surface area (Å²) in [5.74, 6) is -1.75. The van der Waals surface area contributed by atoms with Crippen molar-refractivity contribution in [3.63, 3.8) is 0 Å². The monoisotopic (exact) mass is 387 g/mol. The molecule has 1 aromatic heterocycles. The van der Waals surface area contributed by atoms with Gasteiger partial charge >= 0.3 is 39.9 Å². The van der Waals surface area contributed by atoms with E-state index in [0.29, 0.717) is 0 Å². The van der Waals surface area contributed by atoms with Gasteiger partial charge in [0.2, 0.25) is 0 Å². The SMILES string of the molecule is CO/N=C(\C(=O)NC1C(=O)N(S(=O)(=O)O)C1C)c1csc(N)n1.[NaH]. The molecule has 1 aliphatic rings. The standard InChI is InChI=1S/C10H13N5O6S2.Na.H/c1-4-6(9(17)15(4)23(18,19)20)13-8(16)7(14-21-2)5-3-22-10(11)12-5;;/h3-4,6H,1-2H3,(H2,11,12)(H,13,16)(H,18,19,20);;/b14-7-;;. The molecule has 2 heterocycles. The molecule has 0 bridgehead atoms. The van der Waals surface area contributed by atoms with E-state index in [2.05, 4.69) is 20.3 Å². The summed E-state index contributed by atoms with van der Waals surface area (Å²) in [6, 6.07) is -2.06. The predicted molar refractivity (Wildman–Crippen MR) is 87.0 cm³/mol. The first-order valence-electron chi connectivity index (χ1n) is 6.11. The quantitative estimate of drug-likeness (QED) is 0.171. The zero-order valence-electron chi connectivity index (χ0n) is 12.0. The molecule has 1 saturated heterocycles. The van der Waals surface area contributed by atoms with Gasteiger partial charge in [0.25, 0.3) is 11.8 Å². The fraction of sp³-hybridized carbons (Fsp3) is 0.400. The molecule has 4 N–H and O–H groups in total. The number of nitrogens with zero attached hydrogens (tertiary/aromatic N) is 3. The number of carbonyl (C=O) groups excluding carboxylic acids is 2. The Morgan fingerprint density at radius 1 is 1.58 bits per heavy atom. The number of oxime groups is 1. The summed E-state index contributed by atoms with van der Waals surface area (Å²) in [6.07, 6.45) is 0. The molecule has 1 aliphatic heterocycles. The van der Waals surface area contributed by atoms with Crippen LogP contribution in [0.3, 0.4) is 0 Å². The van der Waals surface area contributed by atoms with Crippen LogP contribution in [0.15, 0.2) is 10.5 Å². The van der Waals surface area contributed by atoms with E-state index >= 15 is 0 Å². The van der Waals surface area contributed by atoms with E-state index in [1.807, 2.05) is 0 Å². The molecule has 0 aromatic carbocycles. The van der Waals surface area contributed by atoms with Crippen LogP contribution in [0.25, 0.3) is 0 Å². The van der Waals surface area contributed by atoms with E-state index < -0.39 is 34.2 Å². The summed E-state index contributed by atoms with van der Waals surface area (Å²) in [6.45, 7) is 1.36. The van der Waals surface area contributed by atoms with Crippen molar-refractivity contribution >= 4 is 73.9 Å². The molecule has 1 fully saturated rings. The number of hydrogen-bond acceptors (Lipinski definition) is 9. The van der Waals surface area contributed by atoms with Crippen molar-refractivity contribution in [3.8, 4) is 0 Å². The molecule has 0 aliphatic carbocycles. The van der Waals surface area contributed by atoms with Gasteiger partial charge in [-0.1, -0.05) is 5.16 Å². The van der Waals surface area contributed by atoms with E-state index in [-0.39, 0.29) is 50.4 Å². The number of nitrogen functional groups attached to an aromatic ring is 1. The molecule has 24 heavy (non-hydrogen) atoms. The Morgan fingerprint density at radius 3 is 2.62 bits per heavy atom. The number of nitrogens with two attached hydrogens (primary N) is 1. The Hall–Kier alpha value is -1.25. The number of amides is 2. The predicted octanol–water partition coefficient (Wildman–Crippen LogP) is -2.05. The van der Waals surface area contributed by atoms with Crippen molar-refractivity contribution in [2.45, 2.75) is 19.0 Å². The average molecular weight is 387 g/mol. The Bertz CT molecular complexity index is 778. The number of hydrogen-bond donors (Lipinski definition) is 3. The molecule has 2 unspecified atom stereocenters. The Labute approximate surface area is 163 Å². The normalized spacial score (nSPS) is 20.9. The molecule has 14 heteroatoms. The van der Waals surface area contributed by atoms with Crippen LogP contribution >= 0.6 is 11.3 Å². The van der Waals surface area contributed by atoms with Crippen LogP contribution in [0.5, 0.6) is 0 Å². The van der Waals surface area contributed by atoms with Gasteiger partial charge in [-0.3, -0.25) is 14.1 Å². The van der Waals surface area contributed by atoms with Crippen LogP contribution < -0.4 is 11.1 Å². The van der Waals surface area contributed by atoms with E-state index in [4.69, 9.17) is 10.3 Å². The van der Waals surface area contributed by atoms with Crippen LogP contribution in [-0.2, 0) is 24.7 Å². The van der Waals surface area contributed by atoms with Gasteiger partial charge in [0.15, 0.2) is 10.8 Å². The number of rotatable bonds is 5. The maximum absolute atomic E-state index is 12.2. The van der Waals surface area contributed by atoms with Gasteiger partial charge in [-0.15, -0.1) is 11.3 Å². The van der Waals surface area contributed by atoms with Crippen molar-refractivity contribution in [2.75, 3.05) is 12.8 Å². The Morgan fingerprint density at radius 2 is 2.21 bits per heavy atom. The van der Waals surface area contributed by atoms with Crippen molar-refractivity contribution in [1.82, 2.24) is 14.6 Å². The molecular formula is C10H14N5NaO6S2. The summed E-state index contributed by atoms with van der Waals surface area (Å²) >= 11 is 1.08. The topological polar surface area (TPSA) is 164 Å². The molecule has 2 rings (SSSR count). The van der Waals surface area contributed by atoms with Crippen LogP contribution in [0.4, 0.5) is 5.13 Å². The third-order valence-electron chi connectivity index (χ3n) is 3.03. The van der Waals surface area contributed by atoms with Gasteiger partial charge in [-0.05, 0) is 6.92 Å². The molecule has 0 spiro atoms. The average Bonchev–Trinajstić information content (AvgIpc) is 2.86. The first kappa shape index (κ1) is 20.8. The molecule has 1 aromatic rings. The summed E-state index contributed by atoms with van der Waals surface area (Å²) in [7, 11) is -3.44. The minimum absolute atomic E-state index is 0. The molecule has 2 atom stereocenters. The second kappa shape index (κ2) is 7.76. The second-order valence-electron chi connectivity index (χ2n) is 4.50. The molecule has 0 radical (unpaired) electrons. The molecule has 11 nitrogen and oxygen atoms in total. The molecule has 0 saturated carbocycles. The van der Waals surface area contributed by atoms with Gasteiger partial charge in [0.05, 0.1) is 6.04 Å². The number of nitrogens with one attached hydrogen (secondary N) is 1. The van der Waals surface area contributed by atoms with Gasteiger partial charge in [0.1, 0.15) is 18.8 Å². The third kappa shape index (κ3) is 4.04. The Kier molecular flexibility index (Phi) is 6.72. The fourth-order valence-electron chi connectivity index (χ4n) is 2.01. The van der Waals surface area contributed by atoms with Gasteiger partial charge < -0.3 is 15.9 Å². The maximum atomic E-state index is 12.2. The second-order valence-corrected chi connectivity index (χ2v) is 6.68. The molecule has 2 amide bonds. The molecule has 128 valence electrons. The van der Waals surface area contributed by atoms with Crippen LogP contribution in [-0.4, -0.2) is 88.5 Å². The van der Waals surface area contributed by atoms with Crippen LogP contribution in [0.1, 0.15) is 12.6 Å².